The van der Waals surface area contributed by atoms with Gasteiger partial charge in [0.05, 0.1) is 22.8 Å². The van der Waals surface area contributed by atoms with Gasteiger partial charge in [0, 0.05) is 0 Å². The summed E-state index contributed by atoms with van der Waals surface area (Å²) in [6, 6.07) is 15.1. The van der Waals surface area contributed by atoms with E-state index in [0.717, 1.165) is 4.90 Å². The number of carbonyl (C=O) groups excluding carboxylic acids is 3. The Morgan fingerprint density at radius 1 is 0.917 bits per heavy atom. The molecule has 0 saturated carbocycles. The highest BCUT2D eigenvalue weighted by Crippen LogP contribution is 2.37. The smallest absolute Gasteiger partial charge is 0.339 e. The minimum Gasteiger partial charge on any atom is -0.497 e. The number of ether oxygens (including phenoxy) is 1. The summed E-state index contributed by atoms with van der Waals surface area (Å²) >= 11 is 12.5. The second kappa shape index (κ2) is 10.0. The minimum absolute atomic E-state index is 0.101. The maximum atomic E-state index is 13.1. The number of halogens is 2. The van der Waals surface area contributed by atoms with Gasteiger partial charge in [-0.25, -0.2) is 9.69 Å². The van der Waals surface area contributed by atoms with Gasteiger partial charge in [-0.2, -0.15) is 8.42 Å². The number of anilines is 1. The van der Waals surface area contributed by atoms with E-state index in [0.29, 0.717) is 5.75 Å². The Labute approximate surface area is 216 Å². The summed E-state index contributed by atoms with van der Waals surface area (Å²) < 4.78 is 35.3. The van der Waals surface area contributed by atoms with Crippen LogP contribution in [0.2, 0.25) is 10.0 Å². The van der Waals surface area contributed by atoms with Crippen LogP contribution in [0.5, 0.6) is 11.5 Å². The molecule has 0 aliphatic carbocycles. The van der Waals surface area contributed by atoms with Crippen LogP contribution in [0, 0.1) is 0 Å². The maximum Gasteiger partial charge on any atom is 0.339 e. The van der Waals surface area contributed by atoms with Crippen molar-refractivity contribution in [1.82, 2.24) is 5.32 Å². The average molecular weight is 547 g/mol. The van der Waals surface area contributed by atoms with E-state index < -0.39 is 28.0 Å². The summed E-state index contributed by atoms with van der Waals surface area (Å²) in [4.78, 5) is 38.6. The van der Waals surface area contributed by atoms with Crippen LogP contribution in [-0.4, -0.2) is 33.4 Å². The Balaban J connectivity index is 1.66. The van der Waals surface area contributed by atoms with Gasteiger partial charge < -0.3 is 8.92 Å². The first-order chi connectivity index (χ1) is 17.1. The molecule has 1 aliphatic heterocycles. The van der Waals surface area contributed by atoms with E-state index in [4.69, 9.17) is 32.1 Å². The predicted octanol–water partition coefficient (Wildman–Crippen LogP) is 4.44. The lowest BCUT2D eigenvalue weighted by Crippen LogP contribution is -2.54. The second-order valence-corrected chi connectivity index (χ2v) is 9.68. The van der Waals surface area contributed by atoms with Gasteiger partial charge in [-0.1, -0.05) is 41.4 Å². The van der Waals surface area contributed by atoms with E-state index in [2.05, 4.69) is 5.32 Å². The second-order valence-electron chi connectivity index (χ2n) is 7.32. The Hall–Kier alpha value is -3.86. The van der Waals surface area contributed by atoms with Crippen molar-refractivity contribution < 1.29 is 31.7 Å². The molecule has 1 aliphatic rings. The zero-order valence-electron chi connectivity index (χ0n) is 18.4. The van der Waals surface area contributed by atoms with E-state index in [1.54, 1.807) is 18.2 Å². The molecule has 3 aromatic rings. The van der Waals surface area contributed by atoms with Crippen LogP contribution in [0.3, 0.4) is 0 Å². The number of nitrogens with zero attached hydrogens (tertiary/aromatic N) is 1. The highest BCUT2D eigenvalue weighted by atomic mass is 35.5. The Bertz CT molecular complexity index is 1480. The molecule has 0 unspecified atom stereocenters. The standard InChI is InChI=1S/C24H16Cl2N2O7S/c1-34-16-9-7-15(8-10-16)28-23(30)18(22(29)27-24(28)31)11-14-12-19(25)21(20(26)13-14)35-36(32,33)17-5-3-2-4-6-17/h2-13H,1H3,(H,27,29,31)/b18-11+. The molecule has 4 rings (SSSR count). The first-order valence-electron chi connectivity index (χ1n) is 10.1. The summed E-state index contributed by atoms with van der Waals surface area (Å²) in [6.45, 7) is 0. The number of nitrogens with one attached hydrogen (secondary N) is 1. The fourth-order valence-corrected chi connectivity index (χ4v) is 4.94. The molecule has 4 amide bonds. The SMILES string of the molecule is COc1ccc(N2C(=O)NC(=O)/C(=C\c3cc(Cl)c(OS(=O)(=O)c4ccccc4)c(Cl)c3)C2=O)cc1. The van der Waals surface area contributed by atoms with Crippen molar-refractivity contribution in [1.29, 1.82) is 0 Å². The molecule has 0 radical (unpaired) electrons. The molecule has 1 heterocycles. The van der Waals surface area contributed by atoms with Gasteiger partial charge in [-0.15, -0.1) is 0 Å². The van der Waals surface area contributed by atoms with E-state index in [1.165, 1.54) is 61.7 Å². The number of rotatable bonds is 6. The van der Waals surface area contributed by atoms with Gasteiger partial charge in [0.2, 0.25) is 0 Å². The van der Waals surface area contributed by atoms with E-state index in [1.807, 2.05) is 0 Å². The number of hydrogen-bond acceptors (Lipinski definition) is 7. The number of imide groups is 2. The zero-order chi connectivity index (χ0) is 26.0. The number of urea groups is 1. The lowest BCUT2D eigenvalue weighted by Gasteiger charge is -2.26. The van der Waals surface area contributed by atoms with Crippen LogP contribution in [-0.2, 0) is 19.7 Å². The van der Waals surface area contributed by atoms with Crippen molar-refractivity contribution in [3.05, 3.63) is 87.9 Å². The van der Waals surface area contributed by atoms with Crippen LogP contribution in [0.25, 0.3) is 6.08 Å². The molecule has 36 heavy (non-hydrogen) atoms. The Morgan fingerprint density at radius 3 is 2.11 bits per heavy atom. The predicted molar refractivity (Wildman–Crippen MR) is 133 cm³/mol. The van der Waals surface area contributed by atoms with Crippen molar-refractivity contribution in [2.45, 2.75) is 4.90 Å². The number of hydrogen-bond donors (Lipinski definition) is 1. The third kappa shape index (κ3) is 5.06. The molecular formula is C24H16Cl2N2O7S. The molecule has 12 heteroatoms. The lowest BCUT2D eigenvalue weighted by molar-refractivity contribution is -0.122. The van der Waals surface area contributed by atoms with E-state index in [9.17, 15) is 22.8 Å². The Kier molecular flexibility index (Phi) is 7.02. The summed E-state index contributed by atoms with van der Waals surface area (Å²) in [6.07, 6.45) is 1.17. The van der Waals surface area contributed by atoms with Gasteiger partial charge in [-0.05, 0) is 60.2 Å². The van der Waals surface area contributed by atoms with Crippen molar-refractivity contribution in [3.8, 4) is 11.5 Å². The highest BCUT2D eigenvalue weighted by molar-refractivity contribution is 7.87. The van der Waals surface area contributed by atoms with E-state index >= 15 is 0 Å². The number of benzene rings is 3. The molecule has 9 nitrogen and oxygen atoms in total. The number of methoxy groups -OCH3 is 1. The van der Waals surface area contributed by atoms with Gasteiger partial charge >= 0.3 is 16.1 Å². The molecule has 0 atom stereocenters. The number of carbonyl (C=O) groups is 3. The monoisotopic (exact) mass is 546 g/mol. The third-order valence-corrected chi connectivity index (χ3v) is 6.79. The van der Waals surface area contributed by atoms with Crippen molar-refractivity contribution in [3.63, 3.8) is 0 Å². The summed E-state index contributed by atoms with van der Waals surface area (Å²) in [5.74, 6) is -1.61. The lowest BCUT2D eigenvalue weighted by atomic mass is 10.1. The van der Waals surface area contributed by atoms with Crippen LogP contribution >= 0.6 is 23.2 Å². The fraction of sp³-hybridized carbons (Fsp3) is 0.0417. The molecule has 3 aromatic carbocycles. The molecule has 184 valence electrons. The van der Waals surface area contributed by atoms with Crippen LogP contribution in [0.4, 0.5) is 10.5 Å². The first-order valence-corrected chi connectivity index (χ1v) is 12.3. The minimum atomic E-state index is -4.22. The fourth-order valence-electron chi connectivity index (χ4n) is 3.28. The van der Waals surface area contributed by atoms with Crippen molar-refractivity contribution in [2.24, 2.45) is 0 Å². The third-order valence-electron chi connectivity index (χ3n) is 4.99. The summed E-state index contributed by atoms with van der Waals surface area (Å²) in [5.41, 5.74) is 0.0303. The van der Waals surface area contributed by atoms with Crippen molar-refractivity contribution in [2.75, 3.05) is 12.0 Å². The first kappa shape index (κ1) is 25.2. The van der Waals surface area contributed by atoms with Gasteiger partial charge in [-0.3, -0.25) is 14.9 Å². The molecule has 1 saturated heterocycles. The summed E-state index contributed by atoms with van der Waals surface area (Å²) in [5, 5.41) is 1.74. The molecule has 1 N–H and O–H groups in total. The molecular weight excluding hydrogens is 531 g/mol. The normalized spacial score (nSPS) is 15.1. The largest absolute Gasteiger partial charge is 0.497 e. The van der Waals surface area contributed by atoms with Crippen LogP contribution < -0.4 is 19.1 Å². The van der Waals surface area contributed by atoms with Gasteiger partial charge in [0.15, 0.2) is 5.75 Å². The zero-order valence-corrected chi connectivity index (χ0v) is 20.7. The maximum absolute atomic E-state index is 13.1. The van der Waals surface area contributed by atoms with Gasteiger partial charge in [0.25, 0.3) is 11.8 Å². The topological polar surface area (TPSA) is 119 Å². The quantitative estimate of drug-likeness (QED) is 0.275. The molecule has 0 spiro atoms. The summed E-state index contributed by atoms with van der Waals surface area (Å²) in [7, 11) is -2.75. The van der Waals surface area contributed by atoms with Crippen molar-refractivity contribution >= 4 is 62.9 Å². The van der Waals surface area contributed by atoms with E-state index in [-0.39, 0.29) is 37.5 Å². The van der Waals surface area contributed by atoms with Gasteiger partial charge in [0.1, 0.15) is 16.2 Å². The van der Waals surface area contributed by atoms with Crippen LogP contribution in [0.15, 0.2) is 77.2 Å². The highest BCUT2D eigenvalue weighted by Gasteiger charge is 2.37. The molecule has 0 aromatic heterocycles. The Morgan fingerprint density at radius 2 is 1.53 bits per heavy atom. The number of amides is 4. The number of barbiturate groups is 1. The average Bonchev–Trinajstić information content (AvgIpc) is 2.85. The van der Waals surface area contributed by atoms with Crippen LogP contribution in [0.1, 0.15) is 5.56 Å². The molecule has 1 fully saturated rings. The molecule has 0 bridgehead atoms.